The number of carbonyl (C=O) groups excluding carboxylic acids is 1. The molecule has 1 aromatic rings. The Hall–Kier alpha value is -1.17. The van der Waals surface area contributed by atoms with E-state index in [2.05, 4.69) is 5.32 Å². The quantitative estimate of drug-likeness (QED) is 0.884. The molecule has 18 heavy (non-hydrogen) atoms. The smallest absolute Gasteiger partial charge is 0.253 e. The predicted octanol–water partition coefficient (Wildman–Crippen LogP) is 1.92. The molecule has 2 atom stereocenters. The highest BCUT2D eigenvalue weighted by Crippen LogP contribution is 2.22. The third-order valence-corrected chi connectivity index (χ3v) is 3.01. The van der Waals surface area contributed by atoms with Gasteiger partial charge in [-0.25, -0.2) is 4.39 Å². The van der Waals surface area contributed by atoms with E-state index in [1.165, 1.54) is 18.2 Å². The lowest BCUT2D eigenvalue weighted by atomic mass is 10.2. The second-order valence-electron chi connectivity index (χ2n) is 4.21. The normalized spacial score (nSPS) is 23.1. The molecule has 0 aromatic heterocycles. The van der Waals surface area contributed by atoms with Gasteiger partial charge in [0.25, 0.3) is 5.91 Å². The van der Waals surface area contributed by atoms with Crippen LogP contribution >= 0.6 is 11.6 Å². The van der Waals surface area contributed by atoms with Crippen LogP contribution in [0.25, 0.3) is 0 Å². The summed E-state index contributed by atoms with van der Waals surface area (Å²) < 4.78 is 18.5. The van der Waals surface area contributed by atoms with Crippen LogP contribution < -0.4 is 11.1 Å². The van der Waals surface area contributed by atoms with Gasteiger partial charge in [-0.2, -0.15) is 0 Å². The fourth-order valence-electron chi connectivity index (χ4n) is 1.92. The van der Waals surface area contributed by atoms with Gasteiger partial charge in [0, 0.05) is 17.3 Å². The number of carbonyl (C=O) groups is 1. The number of benzene rings is 1. The molecule has 1 saturated heterocycles. The van der Waals surface area contributed by atoms with E-state index in [0.29, 0.717) is 18.7 Å². The highest BCUT2D eigenvalue weighted by molar-refractivity contribution is 6.30. The topological polar surface area (TPSA) is 64.4 Å². The van der Waals surface area contributed by atoms with Gasteiger partial charge in [0.15, 0.2) is 0 Å². The van der Waals surface area contributed by atoms with Crippen LogP contribution in [0.15, 0.2) is 18.2 Å². The molecule has 1 aromatic carbocycles. The van der Waals surface area contributed by atoms with E-state index < -0.39 is 11.9 Å². The SMILES string of the molecule is NCC1CCC(C(=O)Nc2cc(F)cc(Cl)c2)O1. The number of anilines is 1. The van der Waals surface area contributed by atoms with Crippen LogP contribution in [0.2, 0.25) is 5.02 Å². The number of amides is 1. The summed E-state index contributed by atoms with van der Waals surface area (Å²) in [5.74, 6) is -0.794. The van der Waals surface area contributed by atoms with Crippen molar-refractivity contribution in [2.45, 2.75) is 25.0 Å². The Balaban J connectivity index is 1.99. The molecular weight excluding hydrogens is 259 g/mol. The Kier molecular flexibility index (Phi) is 4.16. The van der Waals surface area contributed by atoms with Gasteiger partial charge < -0.3 is 15.8 Å². The molecule has 4 nitrogen and oxygen atoms in total. The summed E-state index contributed by atoms with van der Waals surface area (Å²) in [7, 11) is 0. The summed E-state index contributed by atoms with van der Waals surface area (Å²) in [4.78, 5) is 11.9. The van der Waals surface area contributed by atoms with Crippen LogP contribution in [-0.2, 0) is 9.53 Å². The number of nitrogens with two attached hydrogens (primary N) is 1. The first-order valence-corrected chi connectivity index (χ1v) is 6.09. The molecule has 1 amide bonds. The fourth-order valence-corrected chi connectivity index (χ4v) is 2.14. The number of ether oxygens (including phenoxy) is 1. The number of hydrogen-bond acceptors (Lipinski definition) is 3. The molecule has 0 aliphatic carbocycles. The summed E-state index contributed by atoms with van der Waals surface area (Å²) in [6.07, 6.45) is 0.785. The average Bonchev–Trinajstić information content (AvgIpc) is 2.75. The van der Waals surface area contributed by atoms with Gasteiger partial charge in [0.1, 0.15) is 11.9 Å². The number of hydrogen-bond donors (Lipinski definition) is 2. The zero-order valence-corrected chi connectivity index (χ0v) is 10.4. The number of nitrogens with one attached hydrogen (secondary N) is 1. The third kappa shape index (κ3) is 3.19. The maximum atomic E-state index is 13.1. The second-order valence-corrected chi connectivity index (χ2v) is 4.64. The Morgan fingerprint density at radius 1 is 1.50 bits per heavy atom. The molecule has 2 unspecified atom stereocenters. The van der Waals surface area contributed by atoms with Gasteiger partial charge in [-0.05, 0) is 31.0 Å². The molecule has 6 heteroatoms. The van der Waals surface area contributed by atoms with Crippen molar-refractivity contribution in [3.8, 4) is 0 Å². The van der Waals surface area contributed by atoms with Crippen LogP contribution in [0.1, 0.15) is 12.8 Å². The summed E-state index contributed by atoms with van der Waals surface area (Å²) >= 11 is 5.70. The van der Waals surface area contributed by atoms with Crippen LogP contribution in [0.3, 0.4) is 0 Å². The number of rotatable bonds is 3. The average molecular weight is 273 g/mol. The van der Waals surface area contributed by atoms with Crippen LogP contribution in [0.5, 0.6) is 0 Å². The first-order valence-electron chi connectivity index (χ1n) is 5.71. The van der Waals surface area contributed by atoms with Crippen molar-refractivity contribution in [3.05, 3.63) is 29.0 Å². The van der Waals surface area contributed by atoms with Crippen LogP contribution in [0.4, 0.5) is 10.1 Å². The van der Waals surface area contributed by atoms with Gasteiger partial charge in [-0.15, -0.1) is 0 Å². The zero-order valence-electron chi connectivity index (χ0n) is 9.66. The first-order chi connectivity index (χ1) is 8.58. The van der Waals surface area contributed by atoms with Crippen molar-refractivity contribution in [2.24, 2.45) is 5.73 Å². The predicted molar refractivity (Wildman–Crippen MR) is 67.0 cm³/mol. The maximum absolute atomic E-state index is 13.1. The molecule has 1 heterocycles. The van der Waals surface area contributed by atoms with E-state index in [1.807, 2.05) is 0 Å². The van der Waals surface area contributed by atoms with Gasteiger partial charge in [-0.3, -0.25) is 4.79 Å². The standard InChI is InChI=1S/C12H14ClFN2O2/c13-7-3-8(14)5-9(4-7)16-12(17)11-2-1-10(6-15)18-11/h3-5,10-11H,1-2,6,15H2,(H,16,17). The molecule has 1 aliphatic heterocycles. The van der Waals surface area contributed by atoms with Crippen LogP contribution in [0, 0.1) is 5.82 Å². The fraction of sp³-hybridized carbons (Fsp3) is 0.417. The van der Waals surface area contributed by atoms with Gasteiger partial charge >= 0.3 is 0 Å². The summed E-state index contributed by atoms with van der Waals surface area (Å²) in [6.45, 7) is 0.398. The third-order valence-electron chi connectivity index (χ3n) is 2.79. The summed E-state index contributed by atoms with van der Waals surface area (Å²) in [6, 6.07) is 3.87. The molecule has 0 bridgehead atoms. The Morgan fingerprint density at radius 2 is 2.28 bits per heavy atom. The van der Waals surface area contributed by atoms with Crippen molar-refractivity contribution in [3.63, 3.8) is 0 Å². The Morgan fingerprint density at radius 3 is 2.89 bits per heavy atom. The molecule has 0 radical (unpaired) electrons. The van der Waals surface area contributed by atoms with Crippen molar-refractivity contribution in [1.82, 2.24) is 0 Å². The molecular formula is C12H14ClFN2O2. The molecule has 3 N–H and O–H groups in total. The highest BCUT2D eigenvalue weighted by atomic mass is 35.5. The lowest BCUT2D eigenvalue weighted by molar-refractivity contribution is -0.126. The van der Waals surface area contributed by atoms with Crippen LogP contribution in [-0.4, -0.2) is 24.7 Å². The maximum Gasteiger partial charge on any atom is 0.253 e. The van der Waals surface area contributed by atoms with E-state index in [1.54, 1.807) is 0 Å². The highest BCUT2D eigenvalue weighted by Gasteiger charge is 2.29. The van der Waals surface area contributed by atoms with E-state index in [4.69, 9.17) is 22.1 Å². The zero-order chi connectivity index (χ0) is 13.1. The Bertz CT molecular complexity index is 435. The van der Waals surface area contributed by atoms with Gasteiger partial charge in [0.05, 0.1) is 6.10 Å². The lowest BCUT2D eigenvalue weighted by Crippen LogP contribution is -2.29. The molecule has 0 spiro atoms. The minimum atomic E-state index is -0.527. The first kappa shape index (κ1) is 13.3. The molecule has 2 rings (SSSR count). The minimum absolute atomic E-state index is 0.0724. The second kappa shape index (κ2) is 5.65. The number of halogens is 2. The van der Waals surface area contributed by atoms with Gasteiger partial charge in [-0.1, -0.05) is 11.6 Å². The molecule has 1 aliphatic rings. The Labute approximate surface area is 109 Å². The van der Waals surface area contributed by atoms with Crippen molar-refractivity contribution < 1.29 is 13.9 Å². The van der Waals surface area contributed by atoms with E-state index >= 15 is 0 Å². The monoisotopic (exact) mass is 272 g/mol. The molecule has 98 valence electrons. The van der Waals surface area contributed by atoms with E-state index in [0.717, 1.165) is 6.42 Å². The summed E-state index contributed by atoms with van der Waals surface area (Å²) in [5, 5.41) is 2.81. The minimum Gasteiger partial charge on any atom is -0.364 e. The van der Waals surface area contributed by atoms with Crippen molar-refractivity contribution >= 4 is 23.2 Å². The molecule has 0 saturated carbocycles. The van der Waals surface area contributed by atoms with E-state index in [-0.39, 0.29) is 17.0 Å². The lowest BCUT2D eigenvalue weighted by Gasteiger charge is -2.12. The summed E-state index contributed by atoms with van der Waals surface area (Å²) in [5.41, 5.74) is 5.79. The van der Waals surface area contributed by atoms with Crippen molar-refractivity contribution in [2.75, 3.05) is 11.9 Å². The van der Waals surface area contributed by atoms with Crippen molar-refractivity contribution in [1.29, 1.82) is 0 Å². The largest absolute Gasteiger partial charge is 0.364 e. The molecule has 1 fully saturated rings. The van der Waals surface area contributed by atoms with Gasteiger partial charge in [0.2, 0.25) is 0 Å². The van der Waals surface area contributed by atoms with E-state index in [9.17, 15) is 9.18 Å².